The number of hydrogen-bond acceptors (Lipinski definition) is 5. The van der Waals surface area contributed by atoms with Gasteiger partial charge >= 0.3 is 0 Å². The Morgan fingerprint density at radius 2 is 2.03 bits per heavy atom. The maximum atomic E-state index is 6.48. The van der Waals surface area contributed by atoms with Gasteiger partial charge in [0.15, 0.2) is 0 Å². The Labute approximate surface area is 179 Å². The summed E-state index contributed by atoms with van der Waals surface area (Å²) in [5.41, 5.74) is 2.95. The van der Waals surface area contributed by atoms with Gasteiger partial charge < -0.3 is 15.4 Å². The molecule has 6 heteroatoms. The third-order valence-electron chi connectivity index (χ3n) is 5.75. The number of halogens is 1. The molecule has 2 aromatic rings. The minimum atomic E-state index is 0. The molecule has 0 aromatic carbocycles. The number of aromatic nitrogens is 2. The molecule has 4 rings (SSSR count). The number of anilines is 1. The van der Waals surface area contributed by atoms with Crippen molar-refractivity contribution in [1.29, 1.82) is 0 Å². The molecule has 2 aliphatic rings. The Balaban J connectivity index is 0.00000240. The van der Waals surface area contributed by atoms with Crippen molar-refractivity contribution in [2.24, 2.45) is 11.8 Å². The van der Waals surface area contributed by atoms with E-state index in [9.17, 15) is 0 Å². The van der Waals surface area contributed by atoms with E-state index in [0.29, 0.717) is 16.9 Å². The highest BCUT2D eigenvalue weighted by Crippen LogP contribution is 2.28. The van der Waals surface area contributed by atoms with Crippen molar-refractivity contribution in [2.75, 3.05) is 38.2 Å². The highest BCUT2D eigenvalue weighted by atomic mass is 35.5. The quantitative estimate of drug-likeness (QED) is 0.707. The zero-order valence-corrected chi connectivity index (χ0v) is 17.0. The molecule has 2 aromatic heterocycles. The van der Waals surface area contributed by atoms with E-state index in [-0.39, 0.29) is 7.43 Å². The number of ether oxygens (including phenoxy) is 1. The van der Waals surface area contributed by atoms with Crippen LogP contribution in [0.25, 0.3) is 11.3 Å². The lowest BCUT2D eigenvalue weighted by molar-refractivity contribution is 0.0699. The molecule has 1 atom stereocenters. The summed E-state index contributed by atoms with van der Waals surface area (Å²) in [5, 5.41) is 7.62. The summed E-state index contributed by atoms with van der Waals surface area (Å²) in [5.74, 6) is 2.20. The fourth-order valence-electron chi connectivity index (χ4n) is 4.07. The van der Waals surface area contributed by atoms with Gasteiger partial charge in [-0.2, -0.15) is 0 Å². The maximum Gasteiger partial charge on any atom is 0.126 e. The van der Waals surface area contributed by atoms with Crippen LogP contribution in [-0.4, -0.2) is 42.8 Å². The van der Waals surface area contributed by atoms with Crippen molar-refractivity contribution in [1.82, 2.24) is 15.3 Å². The van der Waals surface area contributed by atoms with Gasteiger partial charge in [-0.3, -0.25) is 4.98 Å². The van der Waals surface area contributed by atoms with Crippen LogP contribution in [-0.2, 0) is 11.2 Å². The summed E-state index contributed by atoms with van der Waals surface area (Å²) < 4.78 is 5.44. The first-order valence-electron chi connectivity index (χ1n) is 10.4. The largest absolute Gasteiger partial charge is 0.381 e. The Kier molecular flexibility index (Phi) is 8.28. The molecule has 2 N–H and O–H groups in total. The molecule has 0 bridgehead atoms. The molecule has 0 aliphatic carbocycles. The fourth-order valence-corrected chi connectivity index (χ4v) is 4.27. The molecule has 2 fully saturated rings. The predicted octanol–water partition coefficient (Wildman–Crippen LogP) is 4.81. The van der Waals surface area contributed by atoms with Crippen LogP contribution in [0.15, 0.2) is 30.5 Å². The van der Waals surface area contributed by atoms with Crippen LogP contribution in [0.5, 0.6) is 0 Å². The van der Waals surface area contributed by atoms with Crippen molar-refractivity contribution in [3.8, 4) is 11.3 Å². The zero-order valence-electron chi connectivity index (χ0n) is 16.3. The summed E-state index contributed by atoms with van der Waals surface area (Å²) in [6.07, 6.45) is 7.49. The van der Waals surface area contributed by atoms with Gasteiger partial charge in [0.2, 0.25) is 0 Å². The van der Waals surface area contributed by atoms with Crippen LogP contribution >= 0.6 is 11.6 Å². The topological polar surface area (TPSA) is 59.1 Å². The average Bonchev–Trinajstić information content (AvgIpc) is 2.75. The van der Waals surface area contributed by atoms with Gasteiger partial charge in [0, 0.05) is 37.2 Å². The number of hydrogen-bond donors (Lipinski definition) is 2. The first-order chi connectivity index (χ1) is 13.8. The van der Waals surface area contributed by atoms with E-state index in [1.165, 1.54) is 12.8 Å². The highest BCUT2D eigenvalue weighted by Gasteiger charge is 2.16. The van der Waals surface area contributed by atoms with Crippen LogP contribution in [0.1, 0.15) is 38.8 Å². The van der Waals surface area contributed by atoms with Crippen LogP contribution in [0.4, 0.5) is 5.82 Å². The minimum absolute atomic E-state index is 0. The molecule has 2 aliphatic heterocycles. The number of piperidine rings is 1. The Hall–Kier alpha value is -1.69. The molecule has 0 spiro atoms. The van der Waals surface area contributed by atoms with Gasteiger partial charge in [-0.1, -0.05) is 25.1 Å². The normalized spacial score (nSPS) is 20.1. The first kappa shape index (κ1) is 22.0. The van der Waals surface area contributed by atoms with Gasteiger partial charge in [0.1, 0.15) is 5.82 Å². The lowest BCUT2D eigenvalue weighted by Crippen LogP contribution is -2.31. The Bertz CT molecular complexity index is 773. The zero-order chi connectivity index (χ0) is 19.2. The van der Waals surface area contributed by atoms with Gasteiger partial charge in [0.25, 0.3) is 0 Å². The molecular weight excluding hydrogens is 384 g/mol. The lowest BCUT2D eigenvalue weighted by atomic mass is 9.94. The van der Waals surface area contributed by atoms with Crippen LogP contribution in [0.3, 0.4) is 0 Å². The minimum Gasteiger partial charge on any atom is -0.381 e. The van der Waals surface area contributed by atoms with Crippen molar-refractivity contribution < 1.29 is 4.74 Å². The standard InChI is InChI=1S/C22H29ClN4O.CH4/c23-20-15-25-18(11-17-3-2-8-24-13-17)12-19(20)21-4-1-5-22(27-21)26-14-16-6-9-28-10-7-16;/h1,4-5,12,15-17,24H,2-3,6-11,13-14H2,(H,26,27);1H4/t17-;/m1./s1. The van der Waals surface area contributed by atoms with Gasteiger partial charge in [-0.25, -0.2) is 4.98 Å². The van der Waals surface area contributed by atoms with Crippen molar-refractivity contribution in [3.05, 3.63) is 41.2 Å². The van der Waals surface area contributed by atoms with Crippen molar-refractivity contribution >= 4 is 17.4 Å². The smallest absolute Gasteiger partial charge is 0.126 e. The van der Waals surface area contributed by atoms with Gasteiger partial charge in [-0.15, -0.1) is 0 Å². The molecular formula is C23H33ClN4O. The van der Waals surface area contributed by atoms with Crippen molar-refractivity contribution in [2.45, 2.75) is 39.5 Å². The van der Waals surface area contributed by atoms with Crippen LogP contribution in [0.2, 0.25) is 5.02 Å². The molecule has 29 heavy (non-hydrogen) atoms. The Morgan fingerprint density at radius 3 is 2.83 bits per heavy atom. The predicted molar refractivity (Wildman–Crippen MR) is 121 cm³/mol. The average molecular weight is 417 g/mol. The summed E-state index contributed by atoms with van der Waals surface area (Å²) in [6.45, 7) is 4.87. The molecule has 0 saturated carbocycles. The molecule has 0 amide bonds. The molecule has 0 unspecified atom stereocenters. The van der Waals surface area contributed by atoms with E-state index in [0.717, 1.165) is 74.9 Å². The van der Waals surface area contributed by atoms with Gasteiger partial charge in [-0.05, 0) is 75.2 Å². The number of pyridine rings is 2. The van der Waals surface area contributed by atoms with Crippen LogP contribution < -0.4 is 10.6 Å². The maximum absolute atomic E-state index is 6.48. The summed E-state index contributed by atoms with van der Waals surface area (Å²) in [6, 6.07) is 8.19. The van der Waals surface area contributed by atoms with E-state index in [4.69, 9.17) is 21.3 Å². The van der Waals surface area contributed by atoms with E-state index in [1.54, 1.807) is 6.20 Å². The number of nitrogens with zero attached hydrogens (tertiary/aromatic N) is 2. The fraction of sp³-hybridized carbons (Fsp3) is 0.565. The second-order valence-electron chi connectivity index (χ2n) is 7.92. The molecule has 158 valence electrons. The Morgan fingerprint density at radius 1 is 1.17 bits per heavy atom. The van der Waals surface area contributed by atoms with Crippen molar-refractivity contribution in [3.63, 3.8) is 0 Å². The van der Waals surface area contributed by atoms with E-state index < -0.39 is 0 Å². The number of nitrogens with one attached hydrogen (secondary N) is 2. The van der Waals surface area contributed by atoms with E-state index in [2.05, 4.69) is 21.7 Å². The summed E-state index contributed by atoms with van der Waals surface area (Å²) in [4.78, 5) is 9.37. The van der Waals surface area contributed by atoms with Crippen LogP contribution in [0, 0.1) is 11.8 Å². The second kappa shape index (κ2) is 10.9. The second-order valence-corrected chi connectivity index (χ2v) is 8.32. The summed E-state index contributed by atoms with van der Waals surface area (Å²) in [7, 11) is 0. The highest BCUT2D eigenvalue weighted by molar-refractivity contribution is 6.33. The van der Waals surface area contributed by atoms with E-state index >= 15 is 0 Å². The molecule has 4 heterocycles. The lowest BCUT2D eigenvalue weighted by Gasteiger charge is -2.23. The SMILES string of the molecule is C.Clc1cnc(C[C@H]2CCCNC2)cc1-c1cccc(NCC2CCOCC2)n1. The molecule has 2 saturated heterocycles. The molecule has 5 nitrogen and oxygen atoms in total. The summed E-state index contributed by atoms with van der Waals surface area (Å²) >= 11 is 6.48. The third kappa shape index (κ3) is 6.14. The van der Waals surface area contributed by atoms with E-state index in [1.807, 2.05) is 18.2 Å². The monoisotopic (exact) mass is 416 g/mol. The first-order valence-corrected chi connectivity index (χ1v) is 10.8. The third-order valence-corrected chi connectivity index (χ3v) is 6.05. The molecule has 0 radical (unpaired) electrons. The number of rotatable bonds is 6. The van der Waals surface area contributed by atoms with Gasteiger partial charge in [0.05, 0.1) is 10.7 Å².